The van der Waals surface area contributed by atoms with Crippen LogP contribution in [0.3, 0.4) is 0 Å². The Hall–Kier alpha value is -3.55. The third-order valence-electron chi connectivity index (χ3n) is 12.1. The Balaban J connectivity index is 1.26. The summed E-state index contributed by atoms with van der Waals surface area (Å²) in [5.74, 6) is 6.84. The van der Waals surface area contributed by atoms with E-state index >= 15 is 0 Å². The van der Waals surface area contributed by atoms with Gasteiger partial charge in [0.2, 0.25) is 0 Å². The number of ether oxygens (including phenoxy) is 1. The van der Waals surface area contributed by atoms with Crippen molar-refractivity contribution in [2.24, 2.45) is 17.8 Å². The number of phenolic OH excluding ortho intramolecular Hbond substituents is 1. The van der Waals surface area contributed by atoms with Gasteiger partial charge >= 0.3 is 0 Å². The van der Waals surface area contributed by atoms with Gasteiger partial charge in [0.15, 0.2) is 11.5 Å². The van der Waals surface area contributed by atoms with Crippen molar-refractivity contribution in [1.82, 2.24) is 9.97 Å². The molecule has 2 heterocycles. The van der Waals surface area contributed by atoms with Crippen LogP contribution < -0.4 is 15.5 Å². The predicted octanol–water partition coefficient (Wildman–Crippen LogP) is 5.77. The summed E-state index contributed by atoms with van der Waals surface area (Å²) in [5, 5.41) is 55.9. The summed E-state index contributed by atoms with van der Waals surface area (Å²) in [6.45, 7) is 2.16. The third kappa shape index (κ3) is 8.41. The minimum absolute atomic E-state index is 0.0631. The fourth-order valence-corrected chi connectivity index (χ4v) is 9.32. The second-order valence-corrected chi connectivity index (χ2v) is 15.3. The zero-order chi connectivity index (χ0) is 36.0. The zero-order valence-electron chi connectivity index (χ0n) is 29.9. The van der Waals surface area contributed by atoms with E-state index in [4.69, 9.17) is 15.5 Å². The van der Waals surface area contributed by atoms with E-state index in [-0.39, 0.29) is 34.7 Å². The van der Waals surface area contributed by atoms with E-state index in [0.29, 0.717) is 50.3 Å². The Morgan fingerprint density at radius 2 is 1.78 bits per heavy atom. The van der Waals surface area contributed by atoms with Crippen molar-refractivity contribution >= 4 is 5.82 Å². The number of anilines is 1. The maximum atomic E-state index is 11.6. The van der Waals surface area contributed by atoms with Gasteiger partial charge in [-0.15, -0.1) is 5.92 Å². The highest BCUT2D eigenvalue weighted by Crippen LogP contribution is 2.56. The number of aliphatic hydroxyl groups is 4. The molecule has 3 aliphatic carbocycles. The van der Waals surface area contributed by atoms with Gasteiger partial charge in [-0.05, 0) is 105 Å². The summed E-state index contributed by atoms with van der Waals surface area (Å²) in [5.41, 5.74) is 8.79. The minimum atomic E-state index is -1.19. The van der Waals surface area contributed by atoms with Crippen LogP contribution in [0.4, 0.5) is 5.82 Å². The van der Waals surface area contributed by atoms with E-state index < -0.39 is 30.5 Å². The van der Waals surface area contributed by atoms with Crippen LogP contribution in [0.5, 0.6) is 11.5 Å². The number of aliphatic hydroxyl groups excluding tert-OH is 4. The van der Waals surface area contributed by atoms with E-state index in [2.05, 4.69) is 29.8 Å². The SMILES string of the molecule is CC[C@H]1C#CC[C@H]([C@H](O)CCc2ccc(O)c(O[C@H]3[C@H](O)[C@@H](O)CC[C@H]3[C@H](c3ccnc(N)c3)C3(c4ccc[n-]4)CCCC3)c2)[C@@H](O)CCCC1. The Morgan fingerprint density at radius 1 is 0.980 bits per heavy atom. The van der Waals surface area contributed by atoms with Gasteiger partial charge in [0.05, 0.1) is 18.3 Å². The van der Waals surface area contributed by atoms with Crippen molar-refractivity contribution in [2.75, 3.05) is 5.73 Å². The Kier molecular flexibility index (Phi) is 12.3. The minimum Gasteiger partial charge on any atom is -0.667 e. The van der Waals surface area contributed by atoms with E-state index in [0.717, 1.165) is 68.2 Å². The van der Waals surface area contributed by atoms with Crippen LogP contribution in [-0.2, 0) is 11.8 Å². The molecule has 9 heteroatoms. The van der Waals surface area contributed by atoms with Crippen LogP contribution in [0.15, 0.2) is 54.9 Å². The zero-order valence-corrected chi connectivity index (χ0v) is 29.9. The number of hydrogen-bond acceptors (Lipinski definition) is 8. The average molecular weight is 699 g/mol. The lowest BCUT2D eigenvalue weighted by Gasteiger charge is -2.50. The second-order valence-electron chi connectivity index (χ2n) is 15.3. The molecular formula is C42H56N3O6-. The Bertz CT molecular complexity index is 1610. The maximum absolute atomic E-state index is 11.6. The lowest BCUT2D eigenvalue weighted by molar-refractivity contribution is -0.109. The second kappa shape index (κ2) is 16.9. The molecule has 0 radical (unpaired) electrons. The van der Waals surface area contributed by atoms with E-state index in [1.54, 1.807) is 18.3 Å². The summed E-state index contributed by atoms with van der Waals surface area (Å²) in [6.07, 6.45) is 10.2. The molecule has 3 aliphatic rings. The molecular weight excluding hydrogens is 642 g/mol. The molecule has 6 rings (SSSR count). The first-order valence-electron chi connectivity index (χ1n) is 19.2. The van der Waals surface area contributed by atoms with Crippen molar-refractivity contribution in [2.45, 2.75) is 139 Å². The molecule has 276 valence electrons. The molecule has 0 unspecified atom stereocenters. The number of phenols is 1. The molecule has 0 aliphatic heterocycles. The van der Waals surface area contributed by atoms with Gasteiger partial charge in [-0.2, -0.15) is 11.9 Å². The van der Waals surface area contributed by atoms with Gasteiger partial charge in [-0.1, -0.05) is 56.7 Å². The average Bonchev–Trinajstić information content (AvgIpc) is 3.85. The molecule has 2 saturated carbocycles. The highest BCUT2D eigenvalue weighted by atomic mass is 16.5. The predicted molar refractivity (Wildman–Crippen MR) is 197 cm³/mol. The molecule has 0 amide bonds. The largest absolute Gasteiger partial charge is 0.667 e. The smallest absolute Gasteiger partial charge is 0.161 e. The molecule has 0 bridgehead atoms. The maximum Gasteiger partial charge on any atom is 0.161 e. The molecule has 3 aromatic rings. The third-order valence-corrected chi connectivity index (χ3v) is 12.1. The number of nitrogens with two attached hydrogens (primary N) is 1. The first kappa shape index (κ1) is 37.2. The lowest BCUT2D eigenvalue weighted by atomic mass is 9.59. The fourth-order valence-electron chi connectivity index (χ4n) is 9.32. The summed E-state index contributed by atoms with van der Waals surface area (Å²) in [6, 6.07) is 13.1. The number of nitrogens with zero attached hydrogens (tertiary/aromatic N) is 2. The normalized spacial score (nSPS) is 29.4. The summed E-state index contributed by atoms with van der Waals surface area (Å²) < 4.78 is 6.65. The van der Waals surface area contributed by atoms with Gasteiger partial charge in [0.1, 0.15) is 18.0 Å². The van der Waals surface area contributed by atoms with Crippen LogP contribution in [0.2, 0.25) is 0 Å². The molecule has 2 fully saturated rings. The highest BCUT2D eigenvalue weighted by molar-refractivity contribution is 5.43. The Labute approximate surface area is 302 Å². The van der Waals surface area contributed by atoms with Crippen LogP contribution in [0.1, 0.15) is 113 Å². The highest BCUT2D eigenvalue weighted by Gasteiger charge is 2.51. The molecule has 1 aromatic carbocycles. The van der Waals surface area contributed by atoms with E-state index in [9.17, 15) is 25.5 Å². The number of rotatable bonds is 11. The van der Waals surface area contributed by atoms with Crippen molar-refractivity contribution in [3.63, 3.8) is 0 Å². The summed E-state index contributed by atoms with van der Waals surface area (Å²) in [4.78, 5) is 9.09. The first-order chi connectivity index (χ1) is 24.7. The first-order valence-corrected chi connectivity index (χ1v) is 19.2. The molecule has 7 N–H and O–H groups in total. The summed E-state index contributed by atoms with van der Waals surface area (Å²) >= 11 is 0. The van der Waals surface area contributed by atoms with Crippen LogP contribution in [-0.4, -0.2) is 61.0 Å². The molecule has 0 spiro atoms. The molecule has 9 nitrogen and oxygen atoms in total. The van der Waals surface area contributed by atoms with Crippen molar-refractivity contribution < 1.29 is 30.3 Å². The standard InChI is InChI=1S/C42H56N3O6/c1-2-27-9-3-4-12-32(46)30(11-7-10-27)33(47)17-14-28-15-18-34(48)36(25-28)51-41-31(16-19-35(49)40(41)50)39(29-20-24-45-38(43)26-29)42(21-5-6-22-42)37-13-8-23-44-37/h8,13,15,18,20,23-27,30-33,35,39-41,46-50H,2-6,9,11-12,14,16-17,19,21-22H2,1H3,(H2,43,45)/q-1/t27-,30+,31+,32+,33-,35+,39+,40-,41-/m1/s1. The number of aryl methyl sites for hydroxylation is 1. The summed E-state index contributed by atoms with van der Waals surface area (Å²) in [7, 11) is 0. The molecule has 0 saturated heterocycles. The topological polar surface area (TPSA) is 163 Å². The van der Waals surface area contributed by atoms with Crippen LogP contribution in [0, 0.1) is 29.6 Å². The van der Waals surface area contributed by atoms with Gasteiger partial charge in [-0.3, -0.25) is 0 Å². The molecule has 51 heavy (non-hydrogen) atoms. The lowest BCUT2D eigenvalue weighted by Crippen LogP contribution is -2.54. The number of aromatic hydroxyl groups is 1. The van der Waals surface area contributed by atoms with Crippen molar-refractivity contribution in [3.05, 3.63) is 71.7 Å². The van der Waals surface area contributed by atoms with E-state index in [1.165, 1.54) is 0 Å². The monoisotopic (exact) mass is 698 g/mol. The number of pyridine rings is 1. The Morgan fingerprint density at radius 3 is 2.53 bits per heavy atom. The number of benzene rings is 1. The van der Waals surface area contributed by atoms with Crippen LogP contribution in [0.25, 0.3) is 0 Å². The van der Waals surface area contributed by atoms with E-state index in [1.807, 2.05) is 30.5 Å². The van der Waals surface area contributed by atoms with Gasteiger partial charge < -0.3 is 41.0 Å². The van der Waals surface area contributed by atoms with Gasteiger partial charge in [0.25, 0.3) is 0 Å². The van der Waals surface area contributed by atoms with Crippen molar-refractivity contribution in [1.29, 1.82) is 0 Å². The number of nitrogen functional groups attached to an aromatic ring is 1. The number of hydrogen-bond donors (Lipinski definition) is 6. The molecule has 2 aromatic heterocycles. The quantitative estimate of drug-likeness (QED) is 0.137. The van der Waals surface area contributed by atoms with Gasteiger partial charge in [0, 0.05) is 30.4 Å². The van der Waals surface area contributed by atoms with Crippen molar-refractivity contribution in [3.8, 4) is 23.3 Å². The molecule has 9 atom stereocenters. The fraction of sp³-hybridized carbons (Fsp3) is 0.595. The van der Waals surface area contributed by atoms with Gasteiger partial charge in [-0.25, -0.2) is 4.98 Å². The van der Waals surface area contributed by atoms with Crippen LogP contribution >= 0.6 is 0 Å². The number of aromatic nitrogens is 2.